The minimum Gasteiger partial charge on any atom is -0.352 e. The number of halogens is 1. The fourth-order valence-electron chi connectivity index (χ4n) is 4.81. The molecule has 1 aliphatic rings. The molecule has 11 heteroatoms. The first-order valence-corrected chi connectivity index (χ1v) is 13.9. The van der Waals surface area contributed by atoms with Gasteiger partial charge in [-0.2, -0.15) is 0 Å². The largest absolute Gasteiger partial charge is 0.352 e. The number of benzene rings is 2. The van der Waals surface area contributed by atoms with Crippen LogP contribution >= 0.6 is 11.6 Å². The number of aryl methyl sites for hydroxylation is 1. The smallest absolute Gasteiger partial charge is 0.270 e. The number of carbonyl (C=O) groups excluding carboxylic acids is 3. The second-order valence-corrected chi connectivity index (χ2v) is 10.7. The maximum Gasteiger partial charge on any atom is 0.270 e. The van der Waals surface area contributed by atoms with E-state index in [-0.39, 0.29) is 23.6 Å². The third-order valence-electron chi connectivity index (χ3n) is 7.19. The van der Waals surface area contributed by atoms with Gasteiger partial charge in [0, 0.05) is 74.7 Å². The van der Waals surface area contributed by atoms with Gasteiger partial charge in [-0.1, -0.05) is 31.5 Å². The lowest BCUT2D eigenvalue weighted by Gasteiger charge is -2.34. The first-order valence-electron chi connectivity index (χ1n) is 13.5. The number of rotatable bonds is 7. The summed E-state index contributed by atoms with van der Waals surface area (Å²) in [5.41, 5.74) is 3.12. The number of hydrogen-bond acceptors (Lipinski definition) is 6. The average Bonchev–Trinajstić information content (AvgIpc) is 3.31. The zero-order valence-electron chi connectivity index (χ0n) is 23.2. The highest BCUT2D eigenvalue weighted by atomic mass is 35.5. The van der Waals surface area contributed by atoms with E-state index in [9.17, 15) is 14.4 Å². The van der Waals surface area contributed by atoms with Crippen molar-refractivity contribution in [2.45, 2.75) is 20.4 Å². The molecule has 0 aliphatic carbocycles. The molecule has 1 aliphatic heterocycles. The number of nitrogens with zero attached hydrogens (tertiary/aromatic N) is 5. The quantitative estimate of drug-likeness (QED) is 0.344. The van der Waals surface area contributed by atoms with E-state index in [1.807, 2.05) is 48.6 Å². The average molecular weight is 574 g/mol. The lowest BCUT2D eigenvalue weighted by Crippen LogP contribution is -2.49. The van der Waals surface area contributed by atoms with Crippen LogP contribution in [-0.4, -0.2) is 63.3 Å². The first kappa shape index (κ1) is 28.1. The maximum atomic E-state index is 13.4. The first-order chi connectivity index (χ1) is 19.7. The van der Waals surface area contributed by atoms with Gasteiger partial charge in [-0.05, 0) is 48.0 Å². The van der Waals surface area contributed by atoms with E-state index in [2.05, 4.69) is 25.5 Å². The van der Waals surface area contributed by atoms with Crippen molar-refractivity contribution in [3.63, 3.8) is 0 Å². The Morgan fingerprint density at radius 1 is 0.976 bits per heavy atom. The molecule has 212 valence electrons. The molecule has 5 rings (SSSR count). The summed E-state index contributed by atoms with van der Waals surface area (Å²) in [6.07, 6.45) is 3.43. The minimum atomic E-state index is -0.362. The summed E-state index contributed by atoms with van der Waals surface area (Å²) in [7, 11) is 1.87. The molecule has 0 atom stereocenters. The summed E-state index contributed by atoms with van der Waals surface area (Å²) in [5.74, 6) is 0.0670. The molecule has 10 nitrogen and oxygen atoms in total. The van der Waals surface area contributed by atoms with Crippen LogP contribution in [0.4, 0.5) is 11.6 Å². The summed E-state index contributed by atoms with van der Waals surface area (Å²) in [6.45, 7) is 6.40. The van der Waals surface area contributed by atoms with Crippen molar-refractivity contribution >= 4 is 51.9 Å². The van der Waals surface area contributed by atoms with Crippen LogP contribution < -0.4 is 15.5 Å². The molecule has 0 bridgehead atoms. The van der Waals surface area contributed by atoms with E-state index >= 15 is 0 Å². The molecule has 4 aromatic rings. The zero-order valence-corrected chi connectivity index (χ0v) is 24.0. The number of hydrogen-bond donors (Lipinski definition) is 2. The second kappa shape index (κ2) is 12.0. The lowest BCUT2D eigenvalue weighted by molar-refractivity contribution is -0.124. The van der Waals surface area contributed by atoms with E-state index < -0.39 is 0 Å². The molecule has 3 amide bonds. The van der Waals surface area contributed by atoms with Gasteiger partial charge in [0.15, 0.2) is 0 Å². The van der Waals surface area contributed by atoms with Crippen LogP contribution in [0.1, 0.15) is 40.3 Å². The van der Waals surface area contributed by atoms with Crippen molar-refractivity contribution in [2.75, 3.05) is 36.4 Å². The third-order valence-corrected chi connectivity index (χ3v) is 7.52. The van der Waals surface area contributed by atoms with Gasteiger partial charge in [0.25, 0.3) is 11.8 Å². The van der Waals surface area contributed by atoms with Gasteiger partial charge in [0.05, 0.1) is 10.6 Å². The van der Waals surface area contributed by atoms with Crippen LogP contribution in [0.15, 0.2) is 60.9 Å². The number of carbonyl (C=O) groups is 3. The Bertz CT molecular complexity index is 1590. The lowest BCUT2D eigenvalue weighted by atomic mass is 10.1. The summed E-state index contributed by atoms with van der Waals surface area (Å²) < 4.78 is 1.88. The minimum absolute atomic E-state index is 0.0453. The number of aromatic nitrogens is 3. The topological polar surface area (TPSA) is 112 Å². The molecule has 0 unspecified atom stereocenters. The Hall–Kier alpha value is -4.44. The van der Waals surface area contributed by atoms with Crippen molar-refractivity contribution in [3.8, 4) is 0 Å². The molecule has 1 fully saturated rings. The highest BCUT2D eigenvalue weighted by Crippen LogP contribution is 2.26. The summed E-state index contributed by atoms with van der Waals surface area (Å²) in [5, 5.41) is 6.91. The molecular weight excluding hydrogens is 542 g/mol. The van der Waals surface area contributed by atoms with Gasteiger partial charge in [-0.25, -0.2) is 9.97 Å². The molecular formula is C30H32ClN7O3. The van der Waals surface area contributed by atoms with Gasteiger partial charge in [0.1, 0.15) is 5.69 Å². The third kappa shape index (κ3) is 6.17. The summed E-state index contributed by atoms with van der Waals surface area (Å²) in [4.78, 5) is 51.0. The SMILES string of the molecule is CC(C)C(=O)NCc1ccc(Cl)c(C(=O)Nc2ccc3c(c2)cc(C(=O)N2CCN(c4ncccn4)CC2)n3C)c1. The van der Waals surface area contributed by atoms with Gasteiger partial charge in [-0.15, -0.1) is 0 Å². The van der Waals surface area contributed by atoms with Crippen LogP contribution in [0.25, 0.3) is 10.9 Å². The molecule has 0 radical (unpaired) electrons. The van der Waals surface area contributed by atoms with Gasteiger partial charge in [-0.3, -0.25) is 14.4 Å². The molecule has 0 spiro atoms. The van der Waals surface area contributed by atoms with Gasteiger partial charge < -0.3 is 25.0 Å². The normalized spacial score (nSPS) is 13.5. The van der Waals surface area contributed by atoms with Crippen molar-refractivity contribution in [1.29, 1.82) is 0 Å². The second-order valence-electron chi connectivity index (χ2n) is 10.3. The van der Waals surface area contributed by atoms with Crippen LogP contribution in [0.3, 0.4) is 0 Å². The summed E-state index contributed by atoms with van der Waals surface area (Å²) in [6, 6.07) is 14.3. The Balaban J connectivity index is 1.27. The highest BCUT2D eigenvalue weighted by Gasteiger charge is 2.25. The molecule has 41 heavy (non-hydrogen) atoms. The van der Waals surface area contributed by atoms with E-state index in [1.165, 1.54) is 0 Å². The Labute approximate surface area is 243 Å². The summed E-state index contributed by atoms with van der Waals surface area (Å²) >= 11 is 6.34. The van der Waals surface area contributed by atoms with Crippen molar-refractivity contribution in [2.24, 2.45) is 13.0 Å². The van der Waals surface area contributed by atoms with E-state index in [0.717, 1.165) is 16.5 Å². The molecule has 3 heterocycles. The highest BCUT2D eigenvalue weighted by molar-refractivity contribution is 6.34. The fraction of sp³-hybridized carbons (Fsp3) is 0.300. The van der Waals surface area contributed by atoms with Crippen LogP contribution in [0, 0.1) is 5.92 Å². The zero-order chi connectivity index (χ0) is 29.1. The van der Waals surface area contributed by atoms with E-state index in [1.54, 1.807) is 42.7 Å². The number of piperazine rings is 1. The Kier molecular flexibility index (Phi) is 8.21. The fourth-order valence-corrected chi connectivity index (χ4v) is 5.01. The van der Waals surface area contributed by atoms with E-state index in [0.29, 0.717) is 60.6 Å². The van der Waals surface area contributed by atoms with Crippen LogP contribution in [0.5, 0.6) is 0 Å². The number of fused-ring (bicyclic) bond motifs is 1. The Morgan fingerprint density at radius 3 is 2.41 bits per heavy atom. The molecule has 0 saturated carbocycles. The van der Waals surface area contributed by atoms with Crippen molar-refractivity contribution in [3.05, 3.63) is 82.8 Å². The van der Waals surface area contributed by atoms with Gasteiger partial charge in [0.2, 0.25) is 11.9 Å². The standard InChI is InChI=1S/C30H32ClN7O3/c1-19(2)27(39)34-18-20-5-7-24(31)23(15-20)28(40)35-22-6-8-25-21(16-22)17-26(36(25)3)29(41)37-11-13-38(14-12-37)30-32-9-4-10-33-30/h4-10,15-17,19H,11-14,18H2,1-3H3,(H,34,39)(H,35,40). The number of nitrogens with one attached hydrogen (secondary N) is 2. The van der Waals surface area contributed by atoms with Crippen molar-refractivity contribution < 1.29 is 14.4 Å². The van der Waals surface area contributed by atoms with Crippen molar-refractivity contribution in [1.82, 2.24) is 24.8 Å². The number of anilines is 2. The van der Waals surface area contributed by atoms with Crippen LogP contribution in [-0.2, 0) is 18.4 Å². The van der Waals surface area contributed by atoms with Gasteiger partial charge >= 0.3 is 0 Å². The predicted molar refractivity (Wildman–Crippen MR) is 159 cm³/mol. The maximum absolute atomic E-state index is 13.4. The van der Waals surface area contributed by atoms with E-state index in [4.69, 9.17) is 11.6 Å². The van der Waals surface area contributed by atoms with Crippen LogP contribution in [0.2, 0.25) is 5.02 Å². The predicted octanol–water partition coefficient (Wildman–Crippen LogP) is 4.11. The molecule has 2 N–H and O–H groups in total. The molecule has 2 aromatic heterocycles. The molecule has 2 aromatic carbocycles. The monoisotopic (exact) mass is 573 g/mol. The number of amides is 3. The molecule has 1 saturated heterocycles. The Morgan fingerprint density at radius 2 is 1.71 bits per heavy atom.